The molecule has 1 aliphatic carbocycles. The van der Waals surface area contributed by atoms with E-state index < -0.39 is 5.97 Å². The topological polar surface area (TPSA) is 37.3 Å². The van der Waals surface area contributed by atoms with Crippen molar-refractivity contribution in [3.05, 3.63) is 33.8 Å². The first-order chi connectivity index (χ1) is 7.09. The number of carboxylic acid groups (broad SMARTS) is 1. The number of aryl methyl sites for hydroxylation is 1. The Morgan fingerprint density at radius 3 is 3.00 bits per heavy atom. The summed E-state index contributed by atoms with van der Waals surface area (Å²) in [6.45, 7) is 1.80. The molecule has 3 heteroatoms. The van der Waals surface area contributed by atoms with E-state index in [9.17, 15) is 4.79 Å². The fraction of sp³-hybridized carbons (Fsp3) is 0.417. The van der Waals surface area contributed by atoms with Gasteiger partial charge in [0.15, 0.2) is 0 Å². The van der Waals surface area contributed by atoms with E-state index in [-0.39, 0.29) is 11.8 Å². The third kappa shape index (κ3) is 1.93. The molecule has 0 aliphatic heterocycles. The number of hydrogen-bond donors (Lipinski definition) is 1. The van der Waals surface area contributed by atoms with E-state index in [1.807, 2.05) is 6.07 Å². The molecule has 1 aromatic rings. The Hall–Kier alpha value is -0.830. The van der Waals surface area contributed by atoms with Gasteiger partial charge in [0, 0.05) is 4.47 Å². The van der Waals surface area contributed by atoms with Gasteiger partial charge >= 0.3 is 5.97 Å². The van der Waals surface area contributed by atoms with Crippen molar-refractivity contribution in [2.45, 2.75) is 25.7 Å². The molecule has 2 unspecified atom stereocenters. The Bertz CT molecular complexity index is 401. The average Bonchev–Trinajstić information content (AvgIpc) is 2.59. The van der Waals surface area contributed by atoms with Crippen molar-refractivity contribution in [1.82, 2.24) is 0 Å². The summed E-state index contributed by atoms with van der Waals surface area (Å²) in [5.74, 6) is -0.797. The zero-order valence-electron chi connectivity index (χ0n) is 8.53. The molecule has 0 heterocycles. The molecule has 2 atom stereocenters. The predicted molar refractivity (Wildman–Crippen MR) is 62.0 cm³/mol. The lowest BCUT2D eigenvalue weighted by atomic mass is 9.89. The molecule has 0 radical (unpaired) electrons. The number of benzene rings is 1. The van der Waals surface area contributed by atoms with Crippen LogP contribution in [0.1, 0.15) is 30.4 Å². The lowest BCUT2D eigenvalue weighted by Gasteiger charge is -2.15. The zero-order valence-corrected chi connectivity index (χ0v) is 10.1. The number of fused-ring (bicyclic) bond motifs is 1. The van der Waals surface area contributed by atoms with Gasteiger partial charge in [0.25, 0.3) is 0 Å². The second kappa shape index (κ2) is 3.97. The summed E-state index contributed by atoms with van der Waals surface area (Å²) < 4.78 is 1.07. The van der Waals surface area contributed by atoms with Gasteiger partial charge in [-0.25, -0.2) is 0 Å². The van der Waals surface area contributed by atoms with Crippen LogP contribution >= 0.6 is 15.9 Å². The quantitative estimate of drug-likeness (QED) is 0.895. The lowest BCUT2D eigenvalue weighted by Crippen LogP contribution is -2.17. The van der Waals surface area contributed by atoms with Crippen LogP contribution in [0, 0.1) is 5.92 Å². The second-order valence-corrected chi connectivity index (χ2v) is 5.03. The van der Waals surface area contributed by atoms with Crippen LogP contribution in [-0.4, -0.2) is 11.1 Å². The monoisotopic (exact) mass is 268 g/mol. The fourth-order valence-electron chi connectivity index (χ4n) is 2.31. The third-order valence-corrected chi connectivity index (χ3v) is 3.72. The maximum atomic E-state index is 11.0. The van der Waals surface area contributed by atoms with Crippen LogP contribution in [0.5, 0.6) is 0 Å². The molecule has 0 fully saturated rings. The molecular formula is C12H13BrO2. The van der Waals surface area contributed by atoms with Crippen LogP contribution < -0.4 is 0 Å². The van der Waals surface area contributed by atoms with Crippen LogP contribution in [0.2, 0.25) is 0 Å². The number of hydrogen-bond acceptors (Lipinski definition) is 1. The van der Waals surface area contributed by atoms with Gasteiger partial charge in [0.1, 0.15) is 0 Å². The largest absolute Gasteiger partial charge is 0.481 e. The number of carboxylic acids is 1. The summed E-state index contributed by atoms with van der Waals surface area (Å²) in [5.41, 5.74) is 2.51. The molecule has 0 amide bonds. The molecule has 1 aromatic carbocycles. The van der Waals surface area contributed by atoms with Crippen LogP contribution in [0.3, 0.4) is 0 Å². The summed E-state index contributed by atoms with van der Waals surface area (Å²) in [6, 6.07) is 6.14. The first-order valence-electron chi connectivity index (χ1n) is 5.10. The molecule has 0 aromatic heterocycles. The Kier molecular flexibility index (Phi) is 2.83. The molecule has 0 spiro atoms. The molecule has 2 nitrogen and oxygen atoms in total. The molecule has 1 aliphatic rings. The smallest absolute Gasteiger partial charge is 0.306 e. The van der Waals surface area contributed by atoms with Crippen LogP contribution in [0.25, 0.3) is 0 Å². The number of aliphatic carboxylic acids is 1. The molecule has 80 valence electrons. The Morgan fingerprint density at radius 1 is 1.60 bits per heavy atom. The highest BCUT2D eigenvalue weighted by Gasteiger charge is 2.30. The van der Waals surface area contributed by atoms with Crippen LogP contribution in [0.4, 0.5) is 0 Å². The molecule has 0 saturated carbocycles. The van der Waals surface area contributed by atoms with E-state index in [1.165, 1.54) is 11.1 Å². The Labute approximate surface area is 97.4 Å². The van der Waals surface area contributed by atoms with E-state index in [2.05, 4.69) is 28.1 Å². The van der Waals surface area contributed by atoms with E-state index in [0.29, 0.717) is 0 Å². The SMILES string of the molecule is CC(C(=O)O)C1CCc2cc(Br)ccc21. The minimum absolute atomic E-state index is 0.186. The average molecular weight is 269 g/mol. The number of carbonyl (C=O) groups is 1. The van der Waals surface area contributed by atoms with Crippen molar-refractivity contribution in [3.63, 3.8) is 0 Å². The van der Waals surface area contributed by atoms with Gasteiger partial charge in [-0.3, -0.25) is 4.79 Å². The molecule has 0 bridgehead atoms. The standard InChI is InChI=1S/C12H13BrO2/c1-7(12(14)15)10-4-2-8-6-9(13)3-5-11(8)10/h3,5-7,10H,2,4H2,1H3,(H,14,15). The summed E-state index contributed by atoms with van der Waals surface area (Å²) >= 11 is 3.43. The zero-order chi connectivity index (χ0) is 11.0. The highest BCUT2D eigenvalue weighted by molar-refractivity contribution is 9.10. The third-order valence-electron chi connectivity index (χ3n) is 3.22. The maximum Gasteiger partial charge on any atom is 0.306 e. The first kappa shape index (κ1) is 10.7. The molecule has 2 rings (SSSR count). The van der Waals surface area contributed by atoms with Crippen molar-refractivity contribution >= 4 is 21.9 Å². The highest BCUT2D eigenvalue weighted by Crippen LogP contribution is 2.39. The maximum absolute atomic E-state index is 11.0. The Balaban J connectivity index is 2.32. The minimum Gasteiger partial charge on any atom is -0.481 e. The Morgan fingerprint density at radius 2 is 2.33 bits per heavy atom. The van der Waals surface area contributed by atoms with Crippen molar-refractivity contribution in [2.75, 3.05) is 0 Å². The van der Waals surface area contributed by atoms with E-state index in [0.717, 1.165) is 17.3 Å². The second-order valence-electron chi connectivity index (χ2n) is 4.12. The fourth-order valence-corrected chi connectivity index (χ4v) is 2.72. The normalized spacial score (nSPS) is 21.1. The first-order valence-corrected chi connectivity index (χ1v) is 5.90. The van der Waals surface area contributed by atoms with E-state index in [4.69, 9.17) is 5.11 Å². The van der Waals surface area contributed by atoms with Gasteiger partial charge in [0.05, 0.1) is 5.92 Å². The number of rotatable bonds is 2. The lowest BCUT2D eigenvalue weighted by molar-refractivity contribution is -0.141. The molecular weight excluding hydrogens is 256 g/mol. The molecule has 0 saturated heterocycles. The minimum atomic E-state index is -0.698. The van der Waals surface area contributed by atoms with Crippen LogP contribution in [-0.2, 0) is 11.2 Å². The van der Waals surface area contributed by atoms with Gasteiger partial charge in [-0.15, -0.1) is 0 Å². The summed E-state index contributed by atoms with van der Waals surface area (Å²) in [5, 5.41) is 9.01. The van der Waals surface area contributed by atoms with E-state index in [1.54, 1.807) is 6.92 Å². The molecule has 15 heavy (non-hydrogen) atoms. The van der Waals surface area contributed by atoms with Crippen molar-refractivity contribution < 1.29 is 9.90 Å². The molecule has 1 N–H and O–H groups in total. The summed E-state index contributed by atoms with van der Waals surface area (Å²) in [4.78, 5) is 11.0. The summed E-state index contributed by atoms with van der Waals surface area (Å²) in [6.07, 6.45) is 1.95. The van der Waals surface area contributed by atoms with Gasteiger partial charge in [-0.05, 0) is 42.0 Å². The van der Waals surface area contributed by atoms with Gasteiger partial charge in [-0.2, -0.15) is 0 Å². The highest BCUT2D eigenvalue weighted by atomic mass is 79.9. The summed E-state index contributed by atoms with van der Waals surface area (Å²) in [7, 11) is 0. The number of halogens is 1. The van der Waals surface area contributed by atoms with Gasteiger partial charge < -0.3 is 5.11 Å². The van der Waals surface area contributed by atoms with Crippen molar-refractivity contribution in [3.8, 4) is 0 Å². The van der Waals surface area contributed by atoms with Gasteiger partial charge in [-0.1, -0.05) is 28.9 Å². The van der Waals surface area contributed by atoms with E-state index >= 15 is 0 Å². The van der Waals surface area contributed by atoms with Crippen molar-refractivity contribution in [1.29, 1.82) is 0 Å². The predicted octanol–water partition coefficient (Wildman–Crippen LogP) is 3.20. The van der Waals surface area contributed by atoms with Crippen molar-refractivity contribution in [2.24, 2.45) is 5.92 Å². The van der Waals surface area contributed by atoms with Crippen LogP contribution in [0.15, 0.2) is 22.7 Å². The van der Waals surface area contributed by atoms with Gasteiger partial charge in [0.2, 0.25) is 0 Å².